The van der Waals surface area contributed by atoms with Crippen molar-refractivity contribution in [1.82, 2.24) is 10.1 Å². The van der Waals surface area contributed by atoms with Gasteiger partial charge in [-0.05, 0) is 25.7 Å². The van der Waals surface area contributed by atoms with Crippen molar-refractivity contribution in [3.63, 3.8) is 0 Å². The molecule has 100 valence electrons. The molecule has 1 aromatic rings. The van der Waals surface area contributed by atoms with E-state index in [-0.39, 0.29) is 24.4 Å². The van der Waals surface area contributed by atoms with Gasteiger partial charge in [0.05, 0.1) is 0 Å². The van der Waals surface area contributed by atoms with E-state index in [0.29, 0.717) is 18.2 Å². The molecule has 1 aliphatic heterocycles. The van der Waals surface area contributed by atoms with Crippen molar-refractivity contribution in [2.45, 2.75) is 37.6 Å². The maximum absolute atomic E-state index is 12.1. The maximum atomic E-state index is 12.1. The van der Waals surface area contributed by atoms with Crippen LogP contribution in [0.25, 0.3) is 0 Å². The number of rotatable bonds is 2. The molecule has 1 aromatic heterocycles. The van der Waals surface area contributed by atoms with Gasteiger partial charge in [0.2, 0.25) is 0 Å². The predicted molar refractivity (Wildman–Crippen MR) is 68.8 cm³/mol. The Morgan fingerprint density at radius 1 is 1.44 bits per heavy atom. The lowest BCUT2D eigenvalue weighted by molar-refractivity contribution is 0.0698. The molecule has 6 heteroatoms. The monoisotopic (exact) mass is 271 g/mol. The third kappa shape index (κ3) is 2.67. The van der Waals surface area contributed by atoms with E-state index >= 15 is 0 Å². The van der Waals surface area contributed by atoms with Crippen LogP contribution in [-0.2, 0) is 0 Å². The van der Waals surface area contributed by atoms with E-state index in [4.69, 9.17) is 10.3 Å². The fraction of sp³-hybridized carbons (Fsp3) is 0.667. The number of aromatic nitrogens is 1. The summed E-state index contributed by atoms with van der Waals surface area (Å²) < 4.78 is 5.20. The number of carbonyl (C=O) groups is 1. The Hall–Kier alpha value is -1.07. The van der Waals surface area contributed by atoms with Gasteiger partial charge in [-0.2, -0.15) is 0 Å². The first kappa shape index (κ1) is 13.4. The zero-order chi connectivity index (χ0) is 11.8. The van der Waals surface area contributed by atoms with E-state index in [1.165, 1.54) is 0 Å². The van der Waals surface area contributed by atoms with Crippen LogP contribution in [0.5, 0.6) is 0 Å². The van der Waals surface area contributed by atoms with Crippen molar-refractivity contribution in [2.75, 3.05) is 13.1 Å². The van der Waals surface area contributed by atoms with Crippen LogP contribution in [0.3, 0.4) is 0 Å². The van der Waals surface area contributed by atoms with Gasteiger partial charge in [0, 0.05) is 31.1 Å². The summed E-state index contributed by atoms with van der Waals surface area (Å²) in [4.78, 5) is 13.9. The Morgan fingerprint density at radius 3 is 2.89 bits per heavy atom. The largest absolute Gasteiger partial charge is 0.360 e. The highest BCUT2D eigenvalue weighted by Gasteiger charge is 2.30. The van der Waals surface area contributed by atoms with Crippen LogP contribution in [0, 0.1) is 0 Å². The number of likely N-dealkylation sites (tertiary alicyclic amines) is 1. The van der Waals surface area contributed by atoms with Gasteiger partial charge in [-0.3, -0.25) is 4.79 Å². The second kappa shape index (κ2) is 5.28. The lowest BCUT2D eigenvalue weighted by Gasteiger charge is -2.29. The summed E-state index contributed by atoms with van der Waals surface area (Å²) in [6, 6.07) is 1.89. The van der Waals surface area contributed by atoms with E-state index in [1.807, 2.05) is 0 Å². The molecule has 1 saturated carbocycles. The Kier molecular flexibility index (Phi) is 3.92. The number of carbonyl (C=O) groups excluding carboxylic acids is 1. The molecule has 18 heavy (non-hydrogen) atoms. The van der Waals surface area contributed by atoms with Crippen molar-refractivity contribution in [3.05, 3.63) is 17.5 Å². The molecule has 1 atom stereocenters. The molecular formula is C12H18ClN3O2. The summed E-state index contributed by atoms with van der Waals surface area (Å²) >= 11 is 0. The normalized spacial score (nSPS) is 23.6. The van der Waals surface area contributed by atoms with Crippen LogP contribution in [0.2, 0.25) is 0 Å². The highest BCUT2D eigenvalue weighted by molar-refractivity contribution is 5.92. The van der Waals surface area contributed by atoms with Gasteiger partial charge in [-0.15, -0.1) is 12.4 Å². The predicted octanol–water partition coefficient (Wildman–Crippen LogP) is 1.54. The van der Waals surface area contributed by atoms with E-state index in [0.717, 1.165) is 38.0 Å². The molecule has 5 nitrogen and oxygen atoms in total. The second-order valence-corrected chi connectivity index (χ2v) is 5.04. The Balaban J connectivity index is 0.00000120. The summed E-state index contributed by atoms with van der Waals surface area (Å²) in [6.45, 7) is 1.41. The molecule has 2 fully saturated rings. The molecule has 1 aliphatic carbocycles. The third-order valence-corrected chi connectivity index (χ3v) is 3.47. The van der Waals surface area contributed by atoms with Gasteiger partial charge in [0.25, 0.3) is 5.91 Å². The molecule has 2 N–H and O–H groups in total. The second-order valence-electron chi connectivity index (χ2n) is 5.04. The van der Waals surface area contributed by atoms with Crippen LogP contribution >= 0.6 is 12.4 Å². The summed E-state index contributed by atoms with van der Waals surface area (Å²) in [6.07, 6.45) is 4.27. The van der Waals surface area contributed by atoms with Gasteiger partial charge in [0.1, 0.15) is 5.76 Å². The lowest BCUT2D eigenvalue weighted by atomic mass is 10.1. The van der Waals surface area contributed by atoms with Crippen LogP contribution in [0.1, 0.15) is 47.8 Å². The number of halogens is 1. The van der Waals surface area contributed by atoms with Gasteiger partial charge in [-0.1, -0.05) is 5.16 Å². The summed E-state index contributed by atoms with van der Waals surface area (Å²) in [5, 5.41) is 3.87. The fourth-order valence-corrected chi connectivity index (χ4v) is 2.31. The zero-order valence-corrected chi connectivity index (χ0v) is 11.0. The molecule has 0 radical (unpaired) electrons. The number of nitrogens with two attached hydrogens (primary N) is 1. The summed E-state index contributed by atoms with van der Waals surface area (Å²) in [5.41, 5.74) is 6.30. The molecular weight excluding hydrogens is 254 g/mol. The Morgan fingerprint density at radius 2 is 2.22 bits per heavy atom. The number of nitrogens with zero attached hydrogens (tertiary/aromatic N) is 2. The van der Waals surface area contributed by atoms with Gasteiger partial charge < -0.3 is 15.2 Å². The fourth-order valence-electron chi connectivity index (χ4n) is 2.31. The van der Waals surface area contributed by atoms with E-state index in [9.17, 15) is 4.79 Å². The average molecular weight is 272 g/mol. The minimum Gasteiger partial charge on any atom is -0.360 e. The van der Waals surface area contributed by atoms with Crippen molar-refractivity contribution in [3.8, 4) is 0 Å². The standard InChI is InChI=1S/C12H17N3O2.ClH/c13-9-2-1-5-15(7-9)12(16)10-6-11(17-14-10)8-3-4-8;/h6,8-9H,1-5,7,13H2;1H. The average Bonchev–Trinajstić information content (AvgIpc) is 3.07. The quantitative estimate of drug-likeness (QED) is 0.886. The summed E-state index contributed by atoms with van der Waals surface area (Å²) in [7, 11) is 0. The van der Waals surface area contributed by atoms with E-state index in [2.05, 4.69) is 5.16 Å². The molecule has 1 saturated heterocycles. The van der Waals surface area contributed by atoms with Crippen LogP contribution < -0.4 is 5.73 Å². The Labute approximate surface area is 112 Å². The molecule has 3 rings (SSSR count). The first-order valence-electron chi connectivity index (χ1n) is 6.25. The van der Waals surface area contributed by atoms with E-state index in [1.54, 1.807) is 11.0 Å². The molecule has 1 unspecified atom stereocenters. The molecule has 2 aliphatic rings. The minimum absolute atomic E-state index is 0. The van der Waals surface area contributed by atoms with Crippen molar-refractivity contribution in [1.29, 1.82) is 0 Å². The number of piperidine rings is 1. The molecule has 0 aromatic carbocycles. The van der Waals surface area contributed by atoms with Crippen molar-refractivity contribution < 1.29 is 9.32 Å². The molecule has 0 bridgehead atoms. The van der Waals surface area contributed by atoms with Crippen LogP contribution in [-0.4, -0.2) is 35.1 Å². The lowest BCUT2D eigenvalue weighted by Crippen LogP contribution is -2.45. The highest BCUT2D eigenvalue weighted by atomic mass is 35.5. The van der Waals surface area contributed by atoms with Crippen LogP contribution in [0.4, 0.5) is 0 Å². The molecule has 0 spiro atoms. The number of hydrogen-bond donors (Lipinski definition) is 1. The molecule has 2 heterocycles. The third-order valence-electron chi connectivity index (χ3n) is 3.47. The minimum atomic E-state index is -0.0456. The highest BCUT2D eigenvalue weighted by Crippen LogP contribution is 2.40. The first-order valence-corrected chi connectivity index (χ1v) is 6.25. The van der Waals surface area contributed by atoms with Gasteiger partial charge in [-0.25, -0.2) is 0 Å². The SMILES string of the molecule is Cl.NC1CCCN(C(=O)c2cc(C3CC3)on2)C1. The van der Waals surface area contributed by atoms with Crippen molar-refractivity contribution >= 4 is 18.3 Å². The summed E-state index contributed by atoms with van der Waals surface area (Å²) in [5.74, 6) is 1.30. The number of hydrogen-bond acceptors (Lipinski definition) is 4. The maximum Gasteiger partial charge on any atom is 0.276 e. The zero-order valence-electron chi connectivity index (χ0n) is 10.2. The first-order chi connectivity index (χ1) is 8.24. The van der Waals surface area contributed by atoms with Gasteiger partial charge in [0.15, 0.2) is 5.69 Å². The van der Waals surface area contributed by atoms with Gasteiger partial charge >= 0.3 is 0 Å². The smallest absolute Gasteiger partial charge is 0.276 e. The van der Waals surface area contributed by atoms with E-state index < -0.39 is 0 Å². The molecule has 1 amide bonds. The Bertz CT molecular complexity index is 431. The topological polar surface area (TPSA) is 72.4 Å². The number of amides is 1. The van der Waals surface area contributed by atoms with Crippen molar-refractivity contribution in [2.24, 2.45) is 5.73 Å². The van der Waals surface area contributed by atoms with Crippen LogP contribution in [0.15, 0.2) is 10.6 Å².